The van der Waals surface area contributed by atoms with Crippen LogP contribution in [0.25, 0.3) is 5.57 Å². The van der Waals surface area contributed by atoms with E-state index in [1.165, 1.54) is 22.3 Å². The van der Waals surface area contributed by atoms with E-state index in [-0.39, 0.29) is 23.6 Å². The maximum absolute atomic E-state index is 12.5. The van der Waals surface area contributed by atoms with Crippen molar-refractivity contribution in [3.63, 3.8) is 0 Å². The minimum Gasteiger partial charge on any atom is -0.351 e. The number of amides is 1. The van der Waals surface area contributed by atoms with Gasteiger partial charge in [0.1, 0.15) is 0 Å². The minimum absolute atomic E-state index is 0.0198. The Morgan fingerprint density at radius 3 is 2.88 bits per heavy atom. The number of fused-ring (bicyclic) bond motifs is 5. The molecule has 0 spiro atoms. The monoisotopic (exact) mass is 465 g/mol. The maximum Gasteiger partial charge on any atom is 0.251 e. The molecule has 3 N–H and O–H groups in total. The maximum atomic E-state index is 12.5. The molecule has 1 aromatic heterocycles. The smallest absolute Gasteiger partial charge is 0.251 e. The average molecular weight is 466 g/mol. The zero-order valence-corrected chi connectivity index (χ0v) is 19.8. The zero-order valence-electron chi connectivity index (χ0n) is 19.0. The number of hydrogen-bond donors (Lipinski definition) is 2. The van der Waals surface area contributed by atoms with Gasteiger partial charge in [-0.1, -0.05) is 25.1 Å². The summed E-state index contributed by atoms with van der Waals surface area (Å²) >= 11 is 0. The van der Waals surface area contributed by atoms with Crippen molar-refractivity contribution in [2.24, 2.45) is 22.4 Å². The number of nitrogens with zero attached hydrogens (tertiary/aromatic N) is 1. The van der Waals surface area contributed by atoms with Crippen molar-refractivity contribution in [1.29, 1.82) is 0 Å². The minimum atomic E-state index is -3.59. The van der Waals surface area contributed by atoms with Crippen LogP contribution in [0.1, 0.15) is 65.6 Å². The number of aromatic nitrogens is 1. The Kier molecular flexibility index (Phi) is 5.65. The van der Waals surface area contributed by atoms with E-state index < -0.39 is 10.0 Å². The molecule has 0 saturated heterocycles. The molecule has 1 heterocycles. The van der Waals surface area contributed by atoms with Crippen LogP contribution in [0.4, 0.5) is 0 Å². The molecule has 5 rings (SSSR count). The summed E-state index contributed by atoms with van der Waals surface area (Å²) in [5, 5.41) is 7.68. The summed E-state index contributed by atoms with van der Waals surface area (Å²) in [5.41, 5.74) is 6.17. The molecule has 1 aromatic carbocycles. The Balaban J connectivity index is 1.33. The van der Waals surface area contributed by atoms with E-state index in [1.54, 1.807) is 0 Å². The number of sulfonamides is 1. The molecule has 1 fully saturated rings. The van der Waals surface area contributed by atoms with E-state index in [4.69, 9.17) is 5.14 Å². The van der Waals surface area contributed by atoms with E-state index in [1.807, 2.05) is 30.6 Å². The Hall–Kier alpha value is -2.51. The second-order valence-electron chi connectivity index (χ2n) is 10.0. The van der Waals surface area contributed by atoms with E-state index in [0.717, 1.165) is 32.1 Å². The van der Waals surface area contributed by atoms with Crippen molar-refractivity contribution in [1.82, 2.24) is 10.3 Å². The molecule has 2 aromatic rings. The number of allylic oxidation sites excluding steroid dienone is 2. The molecule has 1 amide bonds. The van der Waals surface area contributed by atoms with Crippen molar-refractivity contribution in [2.75, 3.05) is 12.3 Å². The molecule has 3 aliphatic rings. The fourth-order valence-corrected chi connectivity index (χ4v) is 7.06. The first-order chi connectivity index (χ1) is 15.8. The number of hydrogen-bond acceptors (Lipinski definition) is 4. The van der Waals surface area contributed by atoms with Gasteiger partial charge in [0.25, 0.3) is 5.91 Å². The van der Waals surface area contributed by atoms with E-state index >= 15 is 0 Å². The van der Waals surface area contributed by atoms with Crippen LogP contribution in [0, 0.1) is 17.3 Å². The molecule has 0 aliphatic heterocycles. The largest absolute Gasteiger partial charge is 0.351 e. The summed E-state index contributed by atoms with van der Waals surface area (Å²) in [6, 6.07) is 10.2. The molecule has 174 valence electrons. The summed E-state index contributed by atoms with van der Waals surface area (Å²) in [5.74, 6) is 1.31. The first-order valence-electron chi connectivity index (χ1n) is 11.8. The number of rotatable bonds is 5. The van der Waals surface area contributed by atoms with Gasteiger partial charge in [0.2, 0.25) is 10.0 Å². The van der Waals surface area contributed by atoms with Gasteiger partial charge in [-0.15, -0.1) is 0 Å². The summed E-state index contributed by atoms with van der Waals surface area (Å²) in [7, 11) is -3.59. The van der Waals surface area contributed by atoms with Crippen molar-refractivity contribution < 1.29 is 13.2 Å². The van der Waals surface area contributed by atoms with E-state index in [9.17, 15) is 13.2 Å². The van der Waals surface area contributed by atoms with Gasteiger partial charge >= 0.3 is 0 Å². The molecular formula is C26H31N3O3S. The Labute approximate surface area is 195 Å². The number of nitrogens with two attached hydrogens (primary N) is 1. The zero-order chi connectivity index (χ0) is 23.2. The first-order valence-corrected chi connectivity index (χ1v) is 13.5. The molecule has 0 bridgehead atoms. The van der Waals surface area contributed by atoms with Gasteiger partial charge in [-0.05, 0) is 95.7 Å². The lowest BCUT2D eigenvalue weighted by Gasteiger charge is -2.50. The SMILES string of the molecule is CC12CCC3c4ccc(C(=O)NCCS(N)(=O)=O)cc4CCC3C1CC=C2c1cccnc1. The molecule has 4 atom stereocenters. The van der Waals surface area contributed by atoms with Gasteiger partial charge < -0.3 is 5.32 Å². The van der Waals surface area contributed by atoms with Gasteiger partial charge in [-0.25, -0.2) is 13.6 Å². The Morgan fingerprint density at radius 2 is 2.12 bits per heavy atom. The van der Waals surface area contributed by atoms with Crippen LogP contribution in [-0.4, -0.2) is 31.6 Å². The standard InChI is InChI=1S/C26H31N3O3S/c1-26-11-10-21-20-6-5-18(25(30)29-13-14-33(27,31)32)15-17(20)4-7-22(21)24(26)9-8-23(26)19-3-2-12-28-16-19/h2-3,5-6,8,12,15-16,21-22,24H,4,7,9-11,13-14H2,1H3,(H,29,30)(H2,27,31,32). The summed E-state index contributed by atoms with van der Waals surface area (Å²) in [4.78, 5) is 16.9. The van der Waals surface area contributed by atoms with Crippen LogP contribution >= 0.6 is 0 Å². The second-order valence-corrected chi connectivity index (χ2v) is 11.7. The number of primary sulfonamides is 1. The van der Waals surface area contributed by atoms with Crippen LogP contribution in [0.15, 0.2) is 48.8 Å². The molecule has 0 radical (unpaired) electrons. The number of aryl methyl sites for hydroxylation is 1. The lowest BCUT2D eigenvalue weighted by atomic mass is 9.54. The summed E-state index contributed by atoms with van der Waals surface area (Å²) < 4.78 is 22.2. The van der Waals surface area contributed by atoms with Crippen molar-refractivity contribution in [2.45, 2.75) is 44.9 Å². The van der Waals surface area contributed by atoms with Gasteiger partial charge in [-0.3, -0.25) is 9.78 Å². The molecule has 3 aliphatic carbocycles. The van der Waals surface area contributed by atoms with Crippen molar-refractivity contribution in [3.8, 4) is 0 Å². The number of benzene rings is 1. The number of nitrogens with one attached hydrogen (secondary N) is 1. The van der Waals surface area contributed by atoms with Crippen LogP contribution < -0.4 is 10.5 Å². The van der Waals surface area contributed by atoms with Gasteiger partial charge in [-0.2, -0.15) is 0 Å². The fraction of sp³-hybridized carbons (Fsp3) is 0.462. The first kappa shape index (κ1) is 22.3. The van der Waals surface area contributed by atoms with Crippen molar-refractivity contribution >= 4 is 21.5 Å². The molecule has 33 heavy (non-hydrogen) atoms. The quantitative estimate of drug-likeness (QED) is 0.704. The highest BCUT2D eigenvalue weighted by atomic mass is 32.2. The average Bonchev–Trinajstić information content (AvgIpc) is 3.15. The third-order valence-corrected chi connectivity index (χ3v) is 8.99. The summed E-state index contributed by atoms with van der Waals surface area (Å²) in [6.45, 7) is 2.47. The van der Waals surface area contributed by atoms with Crippen LogP contribution in [-0.2, 0) is 16.4 Å². The molecule has 7 heteroatoms. The lowest BCUT2D eigenvalue weighted by Crippen LogP contribution is -2.41. The number of carbonyl (C=O) groups is 1. The van der Waals surface area contributed by atoms with Gasteiger partial charge in [0.05, 0.1) is 5.75 Å². The summed E-state index contributed by atoms with van der Waals surface area (Å²) in [6.07, 6.45) is 11.8. The Bertz CT molecular complexity index is 1210. The highest BCUT2D eigenvalue weighted by Gasteiger charge is 2.51. The van der Waals surface area contributed by atoms with Crippen LogP contribution in [0.2, 0.25) is 0 Å². The van der Waals surface area contributed by atoms with Crippen LogP contribution in [0.3, 0.4) is 0 Å². The predicted octanol–water partition coefficient (Wildman–Crippen LogP) is 3.65. The fourth-order valence-electron chi connectivity index (χ4n) is 6.67. The van der Waals surface area contributed by atoms with Crippen molar-refractivity contribution in [3.05, 3.63) is 71.1 Å². The molecule has 1 saturated carbocycles. The molecular weight excluding hydrogens is 434 g/mol. The third kappa shape index (κ3) is 4.13. The van der Waals surface area contributed by atoms with Gasteiger partial charge in [0, 0.05) is 24.5 Å². The van der Waals surface area contributed by atoms with E-state index in [0.29, 0.717) is 23.3 Å². The highest BCUT2D eigenvalue weighted by Crippen LogP contribution is 2.63. The predicted molar refractivity (Wildman–Crippen MR) is 129 cm³/mol. The van der Waals surface area contributed by atoms with Gasteiger partial charge in [0.15, 0.2) is 0 Å². The molecule has 4 unspecified atom stereocenters. The Morgan fingerprint density at radius 1 is 1.27 bits per heavy atom. The van der Waals surface area contributed by atoms with E-state index in [2.05, 4.69) is 35.4 Å². The topological polar surface area (TPSA) is 102 Å². The lowest BCUT2D eigenvalue weighted by molar-refractivity contribution is 0.0884. The number of carbonyl (C=O) groups excluding carboxylic acids is 1. The normalized spacial score (nSPS) is 28.3. The third-order valence-electron chi connectivity index (χ3n) is 8.21. The second kappa shape index (κ2) is 8.37. The highest BCUT2D eigenvalue weighted by molar-refractivity contribution is 7.89. The number of pyridine rings is 1. The molecule has 6 nitrogen and oxygen atoms in total. The van der Waals surface area contributed by atoms with Crippen LogP contribution in [0.5, 0.6) is 0 Å².